The number of unbranched alkanes of at least 4 members (excludes halogenated alkanes) is 3. The lowest BCUT2D eigenvalue weighted by Gasteiger charge is -2.34. The molecule has 0 unspecified atom stereocenters. The van der Waals surface area contributed by atoms with Crippen molar-refractivity contribution in [3.63, 3.8) is 0 Å². The van der Waals surface area contributed by atoms with Crippen LogP contribution in [0, 0.1) is 5.92 Å². The van der Waals surface area contributed by atoms with Crippen LogP contribution in [0.3, 0.4) is 0 Å². The molecule has 2 fully saturated rings. The number of amides is 6. The van der Waals surface area contributed by atoms with E-state index in [2.05, 4.69) is 26.3 Å². The predicted molar refractivity (Wildman–Crippen MR) is 213 cm³/mol. The molecule has 2 aliphatic rings. The quantitative estimate of drug-likeness (QED) is 0.0311. The number of carboxylic acid groups (broad SMARTS) is 1. The van der Waals surface area contributed by atoms with Crippen LogP contribution in [0.1, 0.15) is 118 Å². The van der Waals surface area contributed by atoms with Crippen molar-refractivity contribution in [1.29, 1.82) is 0 Å². The van der Waals surface area contributed by atoms with E-state index >= 15 is 0 Å². The number of nitrogens with two attached hydrogens (primary N) is 3. The van der Waals surface area contributed by atoms with Crippen molar-refractivity contribution in [3.8, 4) is 0 Å². The maximum Gasteiger partial charge on any atom is 0.326 e. The van der Waals surface area contributed by atoms with Crippen molar-refractivity contribution >= 4 is 47.4 Å². The maximum atomic E-state index is 14.2. The summed E-state index contributed by atoms with van der Waals surface area (Å²) in [4.78, 5) is 100. The van der Waals surface area contributed by atoms with E-state index in [-0.39, 0.29) is 50.8 Å². The second-order valence-electron chi connectivity index (χ2n) is 15.2. The lowest BCUT2D eigenvalue weighted by Crippen LogP contribution is -2.60. The number of likely N-dealkylation sites (tertiary alicyclic amines) is 2. The summed E-state index contributed by atoms with van der Waals surface area (Å²) >= 11 is 0. The number of hydrogen-bond donors (Lipinski definition) is 9. The minimum absolute atomic E-state index is 0.0645. The molecule has 2 saturated heterocycles. The van der Waals surface area contributed by atoms with Gasteiger partial charge >= 0.3 is 5.97 Å². The summed E-state index contributed by atoms with van der Waals surface area (Å²) in [6.07, 6.45) is 5.03. The Kier molecular flexibility index (Phi) is 21.3. The number of aliphatic imine (C=N–C) groups is 1. The summed E-state index contributed by atoms with van der Waals surface area (Å²) in [6, 6.07) is -6.55. The number of aliphatic hydroxyl groups is 1. The molecule has 12 N–H and O–H groups in total. The zero-order chi connectivity index (χ0) is 42.7. The Balaban J connectivity index is 2.23. The fourth-order valence-corrected chi connectivity index (χ4v) is 7.14. The summed E-state index contributed by atoms with van der Waals surface area (Å²) < 4.78 is 0. The number of nitrogens with zero attached hydrogens (tertiary/aromatic N) is 3. The van der Waals surface area contributed by atoms with Gasteiger partial charge in [-0.1, -0.05) is 40.0 Å². The summed E-state index contributed by atoms with van der Waals surface area (Å²) in [5.41, 5.74) is 16.4. The van der Waals surface area contributed by atoms with Gasteiger partial charge in [0, 0.05) is 26.1 Å². The van der Waals surface area contributed by atoms with Gasteiger partial charge in [-0.25, -0.2) is 4.79 Å². The first kappa shape index (κ1) is 48.6. The largest absolute Gasteiger partial charge is 0.480 e. The standard InChI is InChI=1S/C38H68N10O9/c1-5-7-8-18-29(50)45-31(24(4)49)34(53)43-25(14-9-10-19-39)35(54)47-21-12-17-28(47)33(52)46-30(23(3)6-2)36(55)48-22-13-16-27(48)32(51)44-26(37(56)57)15-11-20-42-38(40)41/h23-28,30-31,49H,5-22,39H2,1-4H3,(H,43,53)(H,44,51)(H,45,50)(H,46,52)(H,56,57)(H4,40,41,42)/t23-,24+,25-,26-,27-,28-,30-,31-/m0/s1. The number of hydrogen-bond acceptors (Lipinski definition) is 10. The fraction of sp³-hybridized carbons (Fsp3) is 0.789. The Labute approximate surface area is 336 Å². The van der Waals surface area contributed by atoms with E-state index in [1.807, 2.05) is 13.8 Å². The third-order valence-electron chi connectivity index (χ3n) is 10.7. The van der Waals surface area contributed by atoms with Crippen molar-refractivity contribution < 1.29 is 43.8 Å². The van der Waals surface area contributed by atoms with E-state index in [4.69, 9.17) is 17.2 Å². The lowest BCUT2D eigenvalue weighted by molar-refractivity contribution is -0.146. The van der Waals surface area contributed by atoms with E-state index in [0.29, 0.717) is 64.3 Å². The maximum absolute atomic E-state index is 14.2. The van der Waals surface area contributed by atoms with Crippen molar-refractivity contribution in [2.24, 2.45) is 28.1 Å². The van der Waals surface area contributed by atoms with E-state index in [1.54, 1.807) is 6.92 Å². The first-order valence-corrected chi connectivity index (χ1v) is 20.5. The Hall–Kier alpha value is -4.52. The molecule has 2 heterocycles. The average molecular weight is 809 g/mol. The van der Waals surface area contributed by atoms with Gasteiger partial charge in [0.05, 0.1) is 6.10 Å². The molecular formula is C38H68N10O9. The highest BCUT2D eigenvalue weighted by Crippen LogP contribution is 2.24. The topological polar surface area (TPSA) is 305 Å². The van der Waals surface area contributed by atoms with Crippen molar-refractivity contribution in [2.75, 3.05) is 26.2 Å². The SMILES string of the molecule is CCCCCC(=O)N[C@H](C(=O)N[C@@H](CCCCN)C(=O)N1CCC[C@H]1C(=O)N[C@H](C(=O)N1CCC[C@H]1C(=O)N[C@@H](CCCN=C(N)N)C(=O)O)[C@@H](C)CC)[C@@H](C)O. The Morgan fingerprint density at radius 3 is 1.89 bits per heavy atom. The number of aliphatic hydroxyl groups excluding tert-OH is 1. The highest BCUT2D eigenvalue weighted by molar-refractivity contribution is 5.97. The van der Waals surface area contributed by atoms with Crippen molar-refractivity contribution in [2.45, 2.75) is 160 Å². The highest BCUT2D eigenvalue weighted by atomic mass is 16.4. The van der Waals surface area contributed by atoms with Crippen LogP contribution >= 0.6 is 0 Å². The molecular weight excluding hydrogens is 740 g/mol. The molecule has 6 amide bonds. The van der Waals surface area contributed by atoms with Crippen LogP contribution in [0.2, 0.25) is 0 Å². The van der Waals surface area contributed by atoms with Gasteiger partial charge in [-0.3, -0.25) is 33.8 Å². The van der Waals surface area contributed by atoms with Gasteiger partial charge < -0.3 is 58.5 Å². The Morgan fingerprint density at radius 2 is 1.35 bits per heavy atom. The van der Waals surface area contributed by atoms with Crippen LogP contribution in [0.15, 0.2) is 4.99 Å². The zero-order valence-electron chi connectivity index (χ0n) is 34.2. The number of carboxylic acids is 1. The van der Waals surface area contributed by atoms with Crippen LogP contribution in [0.5, 0.6) is 0 Å². The molecule has 0 aliphatic carbocycles. The van der Waals surface area contributed by atoms with Crippen LogP contribution in [0.4, 0.5) is 0 Å². The van der Waals surface area contributed by atoms with Gasteiger partial charge in [-0.05, 0) is 83.6 Å². The van der Waals surface area contributed by atoms with Gasteiger partial charge in [-0.2, -0.15) is 0 Å². The van der Waals surface area contributed by atoms with E-state index in [9.17, 15) is 43.8 Å². The first-order valence-electron chi connectivity index (χ1n) is 20.5. The van der Waals surface area contributed by atoms with Gasteiger partial charge in [0.25, 0.3) is 0 Å². The monoisotopic (exact) mass is 809 g/mol. The molecule has 8 atom stereocenters. The van der Waals surface area contributed by atoms with Crippen LogP contribution in [0.25, 0.3) is 0 Å². The minimum atomic E-state index is -1.30. The zero-order valence-corrected chi connectivity index (χ0v) is 34.2. The number of nitrogens with one attached hydrogen (secondary N) is 4. The van der Waals surface area contributed by atoms with E-state index in [0.717, 1.165) is 12.8 Å². The minimum Gasteiger partial charge on any atom is -0.480 e. The fourth-order valence-electron chi connectivity index (χ4n) is 7.14. The Morgan fingerprint density at radius 1 is 0.754 bits per heavy atom. The predicted octanol–water partition coefficient (Wildman–Crippen LogP) is -0.818. The molecule has 2 aliphatic heterocycles. The number of guanidine groups is 1. The average Bonchev–Trinajstić information content (AvgIpc) is 3.87. The second kappa shape index (κ2) is 25.0. The Bertz CT molecular complexity index is 1390. The van der Waals surface area contributed by atoms with Gasteiger partial charge in [0.2, 0.25) is 35.4 Å². The molecule has 0 radical (unpaired) electrons. The molecule has 0 aromatic rings. The molecule has 0 spiro atoms. The number of aliphatic carboxylic acids is 1. The van der Waals surface area contributed by atoms with Crippen molar-refractivity contribution in [1.82, 2.24) is 31.1 Å². The molecule has 324 valence electrons. The smallest absolute Gasteiger partial charge is 0.326 e. The summed E-state index contributed by atoms with van der Waals surface area (Å²) in [5.74, 6) is -5.02. The lowest BCUT2D eigenvalue weighted by atomic mass is 9.96. The molecule has 2 rings (SSSR count). The second-order valence-corrected chi connectivity index (χ2v) is 15.2. The van der Waals surface area contributed by atoms with Crippen LogP contribution in [-0.4, -0.2) is 136 Å². The normalized spacial score (nSPS) is 19.7. The molecule has 57 heavy (non-hydrogen) atoms. The molecule has 0 aromatic heterocycles. The van der Waals surface area contributed by atoms with Gasteiger partial charge in [0.15, 0.2) is 5.96 Å². The van der Waals surface area contributed by atoms with Crippen molar-refractivity contribution in [3.05, 3.63) is 0 Å². The third-order valence-corrected chi connectivity index (χ3v) is 10.7. The number of carbonyl (C=O) groups excluding carboxylic acids is 6. The number of carbonyl (C=O) groups is 7. The van der Waals surface area contributed by atoms with E-state index < -0.39 is 83.8 Å². The number of rotatable bonds is 25. The van der Waals surface area contributed by atoms with Crippen LogP contribution in [-0.2, 0) is 33.6 Å². The molecule has 0 aromatic carbocycles. The van der Waals surface area contributed by atoms with Gasteiger partial charge in [0.1, 0.15) is 36.3 Å². The van der Waals surface area contributed by atoms with E-state index in [1.165, 1.54) is 16.7 Å². The summed E-state index contributed by atoms with van der Waals surface area (Å²) in [6.45, 7) is 8.03. The molecule has 0 saturated carbocycles. The highest BCUT2D eigenvalue weighted by Gasteiger charge is 2.43. The summed E-state index contributed by atoms with van der Waals surface area (Å²) in [5, 5.41) is 30.9. The summed E-state index contributed by atoms with van der Waals surface area (Å²) in [7, 11) is 0. The molecule has 19 heteroatoms. The molecule has 19 nitrogen and oxygen atoms in total. The first-order chi connectivity index (χ1) is 27.1. The third kappa shape index (κ3) is 15.4. The molecule has 0 bridgehead atoms. The van der Waals surface area contributed by atoms with Gasteiger partial charge in [-0.15, -0.1) is 0 Å². The van der Waals surface area contributed by atoms with Crippen LogP contribution < -0.4 is 38.5 Å².